The molecular weight excluding hydrogens is 246 g/mol. The quantitative estimate of drug-likeness (QED) is 0.821. The van der Waals surface area contributed by atoms with Crippen LogP contribution in [0.3, 0.4) is 0 Å². The molecule has 0 atom stereocenters. The minimum absolute atomic E-state index is 0.403. The third-order valence-corrected chi connectivity index (χ3v) is 2.51. The number of aryl methyl sites for hydroxylation is 1. The van der Waals surface area contributed by atoms with E-state index in [0.29, 0.717) is 24.4 Å². The summed E-state index contributed by atoms with van der Waals surface area (Å²) in [5.74, 6) is 0.264. The van der Waals surface area contributed by atoms with E-state index in [1.165, 1.54) is 13.4 Å². The largest absolute Gasteiger partial charge is 0.467 e. The normalized spacial score (nSPS) is 10.4. The zero-order chi connectivity index (χ0) is 13.7. The summed E-state index contributed by atoms with van der Waals surface area (Å²) in [6.07, 6.45) is 4.83. The predicted octanol–water partition coefficient (Wildman–Crippen LogP) is 1.45. The molecule has 6 heteroatoms. The lowest BCUT2D eigenvalue weighted by molar-refractivity contribution is 0.0600. The summed E-state index contributed by atoms with van der Waals surface area (Å²) in [5, 5.41) is 3.16. The molecule has 6 nitrogen and oxygen atoms in total. The second-order valence-electron chi connectivity index (χ2n) is 4.05. The standard InChI is InChI=1S/C13H15N3O3/c1-9-4-16-11(6-15-9)5-14-7-12-3-10(8-19-12)13(17)18-2/h3-4,6,8,14H,5,7H2,1-2H3. The van der Waals surface area contributed by atoms with E-state index in [2.05, 4.69) is 20.0 Å². The molecule has 0 unspecified atom stereocenters. The second-order valence-corrected chi connectivity index (χ2v) is 4.05. The van der Waals surface area contributed by atoms with Gasteiger partial charge < -0.3 is 14.5 Å². The maximum absolute atomic E-state index is 11.2. The fraction of sp³-hybridized carbons (Fsp3) is 0.308. The molecule has 0 radical (unpaired) electrons. The number of carbonyl (C=O) groups excluding carboxylic acids is 1. The number of hydrogen-bond acceptors (Lipinski definition) is 6. The van der Waals surface area contributed by atoms with Crippen molar-refractivity contribution in [3.05, 3.63) is 47.4 Å². The van der Waals surface area contributed by atoms with Crippen molar-refractivity contribution >= 4 is 5.97 Å². The maximum atomic E-state index is 11.2. The predicted molar refractivity (Wildman–Crippen MR) is 67.4 cm³/mol. The lowest BCUT2D eigenvalue weighted by Gasteiger charge is -2.01. The van der Waals surface area contributed by atoms with Crippen molar-refractivity contribution < 1.29 is 13.9 Å². The number of nitrogens with one attached hydrogen (secondary N) is 1. The molecule has 0 fully saturated rings. The monoisotopic (exact) mass is 261 g/mol. The Bertz CT molecular complexity index is 549. The Balaban J connectivity index is 1.84. The van der Waals surface area contributed by atoms with Crippen LogP contribution in [0.25, 0.3) is 0 Å². The SMILES string of the molecule is COC(=O)c1coc(CNCc2cnc(C)cn2)c1. The summed E-state index contributed by atoms with van der Waals surface area (Å²) in [6.45, 7) is 2.98. The van der Waals surface area contributed by atoms with Gasteiger partial charge >= 0.3 is 5.97 Å². The van der Waals surface area contributed by atoms with Crippen molar-refractivity contribution in [2.45, 2.75) is 20.0 Å². The number of furan rings is 1. The lowest BCUT2D eigenvalue weighted by atomic mass is 10.3. The molecular formula is C13H15N3O3. The zero-order valence-electron chi connectivity index (χ0n) is 10.8. The van der Waals surface area contributed by atoms with Gasteiger partial charge in [-0.25, -0.2) is 4.79 Å². The van der Waals surface area contributed by atoms with Gasteiger partial charge in [-0.2, -0.15) is 0 Å². The van der Waals surface area contributed by atoms with Crippen molar-refractivity contribution in [3.8, 4) is 0 Å². The molecule has 0 amide bonds. The lowest BCUT2D eigenvalue weighted by Crippen LogP contribution is -2.13. The van der Waals surface area contributed by atoms with Crippen LogP contribution in [0.4, 0.5) is 0 Å². The third kappa shape index (κ3) is 3.62. The summed E-state index contributed by atoms with van der Waals surface area (Å²) in [6, 6.07) is 1.65. The fourth-order valence-electron chi connectivity index (χ4n) is 1.52. The number of methoxy groups -OCH3 is 1. The molecule has 0 aliphatic carbocycles. The average molecular weight is 261 g/mol. The van der Waals surface area contributed by atoms with Crippen molar-refractivity contribution in [1.82, 2.24) is 15.3 Å². The van der Waals surface area contributed by atoms with E-state index in [-0.39, 0.29) is 0 Å². The van der Waals surface area contributed by atoms with Gasteiger partial charge in [0.15, 0.2) is 0 Å². The first kappa shape index (κ1) is 13.2. The Hall–Kier alpha value is -2.21. The number of ether oxygens (including phenoxy) is 1. The Morgan fingerprint density at radius 1 is 1.37 bits per heavy atom. The van der Waals surface area contributed by atoms with Gasteiger partial charge in [0.05, 0.1) is 30.6 Å². The molecule has 0 spiro atoms. The van der Waals surface area contributed by atoms with Crippen LogP contribution in [0.5, 0.6) is 0 Å². The molecule has 0 aliphatic rings. The molecule has 2 rings (SSSR count). The summed E-state index contributed by atoms with van der Waals surface area (Å²) in [7, 11) is 1.34. The number of esters is 1. The zero-order valence-corrected chi connectivity index (χ0v) is 10.8. The number of rotatable bonds is 5. The molecule has 0 saturated heterocycles. The van der Waals surface area contributed by atoms with Gasteiger partial charge in [0, 0.05) is 18.9 Å². The van der Waals surface area contributed by atoms with Crippen LogP contribution < -0.4 is 5.32 Å². The van der Waals surface area contributed by atoms with E-state index in [1.807, 2.05) is 6.92 Å². The van der Waals surface area contributed by atoms with E-state index in [9.17, 15) is 4.79 Å². The number of hydrogen-bond donors (Lipinski definition) is 1. The molecule has 0 saturated carbocycles. The molecule has 2 aromatic heterocycles. The van der Waals surface area contributed by atoms with Crippen LogP contribution in [0, 0.1) is 6.92 Å². The summed E-state index contributed by atoms with van der Waals surface area (Å²) >= 11 is 0. The van der Waals surface area contributed by atoms with Crippen LogP contribution in [-0.4, -0.2) is 23.0 Å². The van der Waals surface area contributed by atoms with Gasteiger partial charge in [-0.1, -0.05) is 0 Å². The highest BCUT2D eigenvalue weighted by atomic mass is 16.5. The van der Waals surface area contributed by atoms with E-state index < -0.39 is 5.97 Å². The van der Waals surface area contributed by atoms with E-state index in [4.69, 9.17) is 4.42 Å². The molecule has 2 heterocycles. The maximum Gasteiger partial charge on any atom is 0.341 e. The Morgan fingerprint density at radius 3 is 2.89 bits per heavy atom. The Kier molecular flexibility index (Phi) is 4.25. The van der Waals surface area contributed by atoms with Crippen molar-refractivity contribution in [1.29, 1.82) is 0 Å². The van der Waals surface area contributed by atoms with Gasteiger partial charge in [0.25, 0.3) is 0 Å². The highest BCUT2D eigenvalue weighted by molar-refractivity contribution is 5.88. The molecule has 100 valence electrons. The minimum Gasteiger partial charge on any atom is -0.467 e. The Morgan fingerprint density at radius 2 is 2.21 bits per heavy atom. The molecule has 0 bridgehead atoms. The highest BCUT2D eigenvalue weighted by Crippen LogP contribution is 2.08. The van der Waals surface area contributed by atoms with Crippen molar-refractivity contribution in [3.63, 3.8) is 0 Å². The Labute approximate surface area is 110 Å². The summed E-state index contributed by atoms with van der Waals surface area (Å²) < 4.78 is 9.84. The molecule has 19 heavy (non-hydrogen) atoms. The van der Waals surface area contributed by atoms with Gasteiger partial charge in [0.1, 0.15) is 12.0 Å². The molecule has 0 aliphatic heterocycles. The van der Waals surface area contributed by atoms with E-state index in [1.54, 1.807) is 18.5 Å². The first-order chi connectivity index (χ1) is 9.19. The van der Waals surface area contributed by atoms with Crippen molar-refractivity contribution in [2.24, 2.45) is 0 Å². The smallest absolute Gasteiger partial charge is 0.341 e. The van der Waals surface area contributed by atoms with Crippen LogP contribution in [-0.2, 0) is 17.8 Å². The summed E-state index contributed by atoms with van der Waals surface area (Å²) in [5.41, 5.74) is 2.15. The third-order valence-electron chi connectivity index (χ3n) is 2.51. The highest BCUT2D eigenvalue weighted by Gasteiger charge is 2.09. The van der Waals surface area contributed by atoms with Crippen LogP contribution in [0.1, 0.15) is 27.5 Å². The van der Waals surface area contributed by atoms with Crippen LogP contribution in [0.2, 0.25) is 0 Å². The van der Waals surface area contributed by atoms with Crippen LogP contribution >= 0.6 is 0 Å². The number of aromatic nitrogens is 2. The topological polar surface area (TPSA) is 77.2 Å². The van der Waals surface area contributed by atoms with Crippen molar-refractivity contribution in [2.75, 3.05) is 7.11 Å². The van der Waals surface area contributed by atoms with Gasteiger partial charge in [-0.15, -0.1) is 0 Å². The molecule has 2 aromatic rings. The van der Waals surface area contributed by atoms with Gasteiger partial charge in [-0.3, -0.25) is 9.97 Å². The van der Waals surface area contributed by atoms with Crippen LogP contribution in [0.15, 0.2) is 29.1 Å². The van der Waals surface area contributed by atoms with E-state index in [0.717, 1.165) is 11.4 Å². The average Bonchev–Trinajstić information content (AvgIpc) is 2.89. The number of carbonyl (C=O) groups is 1. The minimum atomic E-state index is -0.403. The van der Waals surface area contributed by atoms with Gasteiger partial charge in [-0.05, 0) is 13.0 Å². The molecule has 0 aromatic carbocycles. The second kappa shape index (κ2) is 6.10. The van der Waals surface area contributed by atoms with Gasteiger partial charge in [0.2, 0.25) is 0 Å². The first-order valence-corrected chi connectivity index (χ1v) is 5.83. The van der Waals surface area contributed by atoms with E-state index >= 15 is 0 Å². The first-order valence-electron chi connectivity index (χ1n) is 5.83. The molecule has 1 N–H and O–H groups in total. The fourth-order valence-corrected chi connectivity index (χ4v) is 1.52. The number of nitrogens with zero attached hydrogens (tertiary/aromatic N) is 2. The summed E-state index contributed by atoms with van der Waals surface area (Å²) in [4.78, 5) is 19.6.